The highest BCUT2D eigenvalue weighted by atomic mass is 35.5. The molecule has 2 N–H and O–H groups in total. The molecule has 22 heteroatoms. The van der Waals surface area contributed by atoms with Gasteiger partial charge in [-0.1, -0.05) is 149 Å². The number of ether oxygens (including phenoxy) is 8. The topological polar surface area (TPSA) is 190 Å². The monoisotopic (exact) mass is 1270 g/mol. The van der Waals surface area contributed by atoms with Gasteiger partial charge >= 0.3 is 5.97 Å². The molecule has 0 aliphatic carbocycles. The summed E-state index contributed by atoms with van der Waals surface area (Å²) in [6.07, 6.45) is 5.59. The Kier molecular flexibility index (Phi) is 22.1. The maximum atomic E-state index is 14.4. The molecular weight excluding hydrogens is 1200 g/mol. The van der Waals surface area contributed by atoms with Gasteiger partial charge in [0.05, 0.1) is 55.7 Å². The number of halogens is 2. The van der Waals surface area contributed by atoms with Gasteiger partial charge in [-0.15, -0.1) is 11.8 Å². The standard InChI is InChI=1S/C66H64Cl2N6O12S2/c1-78-33-35-81-43-84-60-54(67)37-48(57(68)61(60)85-44-82-36-34-79-2)40-86-72-88-42-52(69-65(88)71-66(49-20-7-4-8-21-49,50-22-9-5-10-23-50)51-24-11-6-12-25-51)38-56(75)70-58-62(76)74-59(64(77)83-39-45-27-29-53(80-3)30-28-45)47(41-87-63(58)74)19-16-32-73-31-15-18-46-17-13-14-26-55(46)73/h4-31,37,42,58,63H,32-36,38-41,43-44H2,1-3H3,(H-,69,70,71,75)/p+1. The van der Waals surface area contributed by atoms with Crippen LogP contribution in [0.25, 0.3) is 10.9 Å². The number of allylic oxidation sites excluding steroid dienone is 2. The van der Waals surface area contributed by atoms with Crippen LogP contribution in [0.3, 0.4) is 0 Å². The third-order valence-corrected chi connectivity index (χ3v) is 17.7. The highest BCUT2D eigenvalue weighted by Crippen LogP contribution is 2.45. The van der Waals surface area contributed by atoms with Gasteiger partial charge in [0.1, 0.15) is 41.6 Å². The van der Waals surface area contributed by atoms with E-state index in [0.29, 0.717) is 53.3 Å². The van der Waals surface area contributed by atoms with Crippen molar-refractivity contribution in [2.75, 3.05) is 67.1 Å². The minimum Gasteiger partial charge on any atom is -0.497 e. The second-order valence-electron chi connectivity index (χ2n) is 20.0. The number of aromatic nitrogens is 1. The molecule has 1 aromatic heterocycles. The van der Waals surface area contributed by atoms with Crippen molar-refractivity contribution >= 4 is 79.5 Å². The number of methoxy groups -OCH3 is 3. The Balaban J connectivity index is 0.925. The molecule has 0 spiro atoms. The lowest BCUT2D eigenvalue weighted by Gasteiger charge is -2.49. The number of nitrogens with one attached hydrogen (secondary N) is 2. The summed E-state index contributed by atoms with van der Waals surface area (Å²) in [5.41, 5.74) is 4.95. The zero-order chi connectivity index (χ0) is 61.2. The maximum Gasteiger partial charge on any atom is 0.355 e. The number of fused-ring (bicyclic) bond motifs is 2. The number of thioether (sulfide) groups is 1. The van der Waals surface area contributed by atoms with E-state index in [1.807, 2.05) is 146 Å². The number of esters is 1. The minimum absolute atomic E-state index is 0.0390. The van der Waals surface area contributed by atoms with Crippen LogP contribution in [0.1, 0.15) is 34.2 Å². The molecule has 3 aliphatic rings. The zero-order valence-corrected chi connectivity index (χ0v) is 51.7. The van der Waals surface area contributed by atoms with Crippen LogP contribution in [0.15, 0.2) is 208 Å². The number of β-lactam (4-membered cyclic amide) rings is 1. The van der Waals surface area contributed by atoms with E-state index in [1.54, 1.807) is 44.9 Å². The molecule has 2 amide bonds. The van der Waals surface area contributed by atoms with E-state index in [9.17, 15) is 14.4 Å². The van der Waals surface area contributed by atoms with Crippen LogP contribution in [0, 0.1) is 0 Å². The highest BCUT2D eigenvalue weighted by molar-refractivity contribution is 8.05. The summed E-state index contributed by atoms with van der Waals surface area (Å²) in [7, 11) is 3.41. The molecule has 3 atom stereocenters. The van der Waals surface area contributed by atoms with Crippen molar-refractivity contribution in [1.82, 2.24) is 15.5 Å². The molecule has 3 unspecified atom stereocenters. The predicted octanol–water partition coefficient (Wildman–Crippen LogP) is 10.5. The van der Waals surface area contributed by atoms with Crippen LogP contribution in [0.2, 0.25) is 10.0 Å². The number of benzene rings is 6. The van der Waals surface area contributed by atoms with Gasteiger partial charge in [-0.3, -0.25) is 14.5 Å². The van der Waals surface area contributed by atoms with Crippen molar-refractivity contribution in [1.29, 1.82) is 0 Å². The average molecular weight is 1270 g/mol. The van der Waals surface area contributed by atoms with Gasteiger partial charge in [0.15, 0.2) is 43.0 Å². The fourth-order valence-electron chi connectivity index (χ4n) is 10.1. The summed E-state index contributed by atoms with van der Waals surface area (Å²) >= 11 is 15.4. The number of rotatable bonds is 29. The third-order valence-electron chi connectivity index (χ3n) is 14.4. The second-order valence-corrected chi connectivity index (χ2v) is 23.3. The number of nitrogens with zero attached hydrogens (tertiary/aromatic N) is 4. The van der Waals surface area contributed by atoms with Crippen molar-refractivity contribution in [3.05, 3.63) is 236 Å². The number of carbonyl (C=O) groups is 3. The molecule has 1 saturated heterocycles. The third kappa shape index (κ3) is 15.0. The molecule has 3 aliphatic heterocycles. The normalized spacial score (nSPS) is 16.5. The van der Waals surface area contributed by atoms with Crippen LogP contribution >= 0.6 is 35.0 Å². The van der Waals surface area contributed by atoms with Gasteiger partial charge < -0.3 is 48.5 Å². The Hall–Kier alpha value is -7.89. The lowest BCUT2D eigenvalue weighted by molar-refractivity contribution is -0.661. The van der Waals surface area contributed by atoms with Gasteiger partial charge in [-0.25, -0.2) is 14.6 Å². The highest BCUT2D eigenvalue weighted by Gasteiger charge is 2.54. The van der Waals surface area contributed by atoms with E-state index in [-0.39, 0.29) is 73.7 Å². The quantitative estimate of drug-likeness (QED) is 0.00856. The minimum atomic E-state index is -1.30. The SMILES string of the molecule is COCCOCOc1c(Cl)cc(CON=S2C=C(CC(=O)NC3C(=O)N4C(C(=O)OCc5ccc(OC)cc5)=C(C=CC[n+]5cccc6ccccc65)CSC34)N=C2NC(c2ccccc2)(c2ccccc2)c2ccccc2)c(Cl)c1OCOCCOC. The number of amides is 2. The summed E-state index contributed by atoms with van der Waals surface area (Å²) in [5.74, 6) is -0.338. The summed E-state index contributed by atoms with van der Waals surface area (Å²) in [4.78, 5) is 55.9. The smallest absolute Gasteiger partial charge is 0.355 e. The maximum absolute atomic E-state index is 14.4. The van der Waals surface area contributed by atoms with Crippen LogP contribution in [-0.2, 0) is 78.9 Å². The Morgan fingerprint density at radius 1 is 0.784 bits per heavy atom. The van der Waals surface area contributed by atoms with Crippen LogP contribution in [-0.4, -0.2) is 106 Å². The summed E-state index contributed by atoms with van der Waals surface area (Å²) < 4.78 is 51.3. The molecule has 0 saturated carbocycles. The number of para-hydroxylation sites is 1. The van der Waals surface area contributed by atoms with Crippen molar-refractivity contribution in [3.8, 4) is 17.2 Å². The number of carbonyl (C=O) groups excluding carboxylic acids is 3. The van der Waals surface area contributed by atoms with Gasteiger partial charge in [0.2, 0.25) is 11.4 Å². The first-order valence-corrected chi connectivity index (χ1v) is 31.2. The van der Waals surface area contributed by atoms with Gasteiger partial charge in [-0.2, -0.15) is 4.57 Å². The second kappa shape index (κ2) is 30.8. The average Bonchev–Trinajstić information content (AvgIpc) is 0.880. The Bertz CT molecular complexity index is 3650. The first kappa shape index (κ1) is 63.1. The summed E-state index contributed by atoms with van der Waals surface area (Å²) in [6, 6.07) is 49.9. The number of hydrogen-bond donors (Lipinski definition) is 2. The molecule has 6 aromatic carbocycles. The number of aliphatic imine (C=N–C) groups is 1. The molecule has 1 fully saturated rings. The molecular formula is C66H65Cl2N6O12S2+. The lowest BCUT2D eigenvalue weighted by atomic mass is 9.77. The Labute approximate surface area is 527 Å². The van der Waals surface area contributed by atoms with E-state index in [4.69, 9.17) is 75.5 Å². The van der Waals surface area contributed by atoms with E-state index in [2.05, 4.69) is 27.3 Å². The van der Waals surface area contributed by atoms with Crippen LogP contribution in [0.5, 0.6) is 17.2 Å². The van der Waals surface area contributed by atoms with Crippen molar-refractivity contribution in [2.24, 2.45) is 9.52 Å². The summed E-state index contributed by atoms with van der Waals surface area (Å²) in [6.45, 7) is 1.13. The van der Waals surface area contributed by atoms with Crippen LogP contribution < -0.4 is 29.4 Å². The largest absolute Gasteiger partial charge is 0.497 e. The molecule has 0 radical (unpaired) electrons. The summed E-state index contributed by atoms with van der Waals surface area (Å²) in [5, 5.41) is 9.72. The predicted molar refractivity (Wildman–Crippen MR) is 338 cm³/mol. The van der Waals surface area contributed by atoms with Gasteiger partial charge in [0, 0.05) is 59.2 Å². The Morgan fingerprint density at radius 2 is 1.41 bits per heavy atom. The number of pyridine rings is 1. The molecule has 7 aromatic rings. The first-order valence-electron chi connectivity index (χ1n) is 28.1. The Morgan fingerprint density at radius 3 is 2.06 bits per heavy atom. The molecule has 4 heterocycles. The van der Waals surface area contributed by atoms with Crippen molar-refractivity contribution < 1.29 is 61.7 Å². The molecule has 18 nitrogen and oxygen atoms in total. The number of hydrogen-bond acceptors (Lipinski definition) is 16. The molecule has 10 rings (SSSR count). The fourth-order valence-corrected chi connectivity index (χ4v) is 13.2. The molecule has 456 valence electrons. The van der Waals surface area contributed by atoms with E-state index < -0.39 is 45.4 Å². The lowest BCUT2D eigenvalue weighted by Crippen LogP contribution is -2.70. The van der Waals surface area contributed by atoms with E-state index in [0.717, 1.165) is 33.2 Å². The van der Waals surface area contributed by atoms with Crippen LogP contribution in [0.4, 0.5) is 0 Å². The fraction of sp³-hybridized carbons (Fsp3) is 0.258. The van der Waals surface area contributed by atoms with Gasteiger partial charge in [0.25, 0.3) is 5.91 Å². The van der Waals surface area contributed by atoms with Crippen molar-refractivity contribution in [2.45, 2.75) is 43.1 Å². The van der Waals surface area contributed by atoms with Gasteiger partial charge in [-0.05, 0) is 64.2 Å². The zero-order valence-electron chi connectivity index (χ0n) is 48.5. The molecule has 88 heavy (non-hydrogen) atoms. The van der Waals surface area contributed by atoms with E-state index in [1.165, 1.54) is 16.7 Å². The number of amidine groups is 1. The van der Waals surface area contributed by atoms with Crippen molar-refractivity contribution in [3.63, 3.8) is 0 Å². The first-order chi connectivity index (χ1) is 43.1. The van der Waals surface area contributed by atoms with E-state index >= 15 is 0 Å². The molecule has 0 bridgehead atoms.